The van der Waals surface area contributed by atoms with Gasteiger partial charge < -0.3 is 19.3 Å². The normalized spacial score (nSPS) is 11.9. The molecule has 0 aliphatic rings. The molecule has 9 heteroatoms. The molecule has 9 nitrogen and oxygen atoms in total. The van der Waals surface area contributed by atoms with E-state index in [0.717, 1.165) is 12.1 Å². The van der Waals surface area contributed by atoms with Gasteiger partial charge in [-0.3, -0.25) is 19.7 Å². The first-order valence-electron chi connectivity index (χ1n) is 7.47. The van der Waals surface area contributed by atoms with Gasteiger partial charge in [0, 0.05) is 12.8 Å². The molecule has 0 aliphatic carbocycles. The monoisotopic (exact) mass is 329 g/mol. The Hall–Kier alpha value is -2.84. The second-order valence-electron chi connectivity index (χ2n) is 4.30. The fraction of sp³-hybridized carbons (Fsp3) is 0.429. The molecule has 0 amide bonds. The van der Waals surface area contributed by atoms with Gasteiger partial charge in [-0.1, -0.05) is 0 Å². The average Bonchev–Trinajstić information content (AvgIpc) is 2.52. The van der Waals surface area contributed by atoms with E-state index >= 15 is 0 Å². The zero-order chi connectivity index (χ0) is 19.2. The van der Waals surface area contributed by atoms with Crippen molar-refractivity contribution in [2.24, 2.45) is 0 Å². The molecule has 0 bridgehead atoms. The molecule has 1 aromatic rings. The van der Waals surface area contributed by atoms with Crippen LogP contribution in [0.2, 0.25) is 0 Å². The van der Waals surface area contributed by atoms with Gasteiger partial charge >= 0.3 is 11.9 Å². The molecule has 126 valence electrons. The summed E-state index contributed by atoms with van der Waals surface area (Å²) in [5, 5.41) is 19.7. The Kier molecular flexibility index (Phi) is 5.61. The Morgan fingerprint density at radius 2 is 1.87 bits per heavy atom. The van der Waals surface area contributed by atoms with Crippen LogP contribution in [-0.2, 0) is 20.9 Å². The highest BCUT2D eigenvalue weighted by Crippen LogP contribution is 2.34. The van der Waals surface area contributed by atoms with Gasteiger partial charge in [0.15, 0.2) is 11.5 Å². The van der Waals surface area contributed by atoms with Gasteiger partial charge in [0.1, 0.15) is 6.56 Å². The second-order valence-corrected chi connectivity index (χ2v) is 4.30. The third-order valence-corrected chi connectivity index (χ3v) is 2.74. The number of carboxylic acids is 1. The van der Waals surface area contributed by atoms with Crippen LogP contribution in [-0.4, -0.2) is 36.2 Å². The number of carbonyl (C=O) groups is 2. The second kappa shape index (κ2) is 8.57. The van der Waals surface area contributed by atoms with Crippen LogP contribution in [0.1, 0.15) is 27.6 Å². The van der Waals surface area contributed by atoms with Crippen LogP contribution in [0.5, 0.6) is 11.5 Å². The van der Waals surface area contributed by atoms with Gasteiger partial charge in [0.2, 0.25) is 0 Å². The van der Waals surface area contributed by atoms with Crippen molar-refractivity contribution in [1.29, 1.82) is 0 Å². The van der Waals surface area contributed by atoms with Gasteiger partial charge in [-0.15, -0.1) is 0 Å². The number of methoxy groups -OCH3 is 2. The molecule has 0 aliphatic heterocycles. The van der Waals surface area contributed by atoms with Gasteiger partial charge in [-0.2, -0.15) is 0 Å². The predicted octanol–water partition coefficient (Wildman–Crippen LogP) is 1.91. The first-order chi connectivity index (χ1) is 11.6. The molecule has 0 atom stereocenters. The average molecular weight is 329 g/mol. The minimum Gasteiger partial charge on any atom is -0.493 e. The SMILES string of the molecule is [2H]C([2H])(OC(=O)CCCC(=O)O)c1cc(OC)c(OC)cc1[N+](=O)[O-]. The Morgan fingerprint density at radius 1 is 1.26 bits per heavy atom. The zero-order valence-electron chi connectivity index (χ0n) is 14.5. The van der Waals surface area contributed by atoms with Crippen molar-refractivity contribution >= 4 is 17.6 Å². The third-order valence-electron chi connectivity index (χ3n) is 2.74. The zero-order valence-corrected chi connectivity index (χ0v) is 12.5. The summed E-state index contributed by atoms with van der Waals surface area (Å²) in [6.45, 7) is -2.82. The summed E-state index contributed by atoms with van der Waals surface area (Å²) >= 11 is 0. The van der Waals surface area contributed by atoms with Crippen LogP contribution < -0.4 is 9.47 Å². The summed E-state index contributed by atoms with van der Waals surface area (Å²) in [4.78, 5) is 32.5. The molecule has 0 radical (unpaired) electrons. The number of rotatable bonds is 9. The van der Waals surface area contributed by atoms with Crippen molar-refractivity contribution in [3.8, 4) is 11.5 Å². The van der Waals surface area contributed by atoms with Crippen molar-refractivity contribution in [2.45, 2.75) is 25.8 Å². The van der Waals surface area contributed by atoms with Gasteiger partial charge in [0.25, 0.3) is 5.69 Å². The van der Waals surface area contributed by atoms with Crippen LogP contribution in [0.3, 0.4) is 0 Å². The van der Waals surface area contributed by atoms with Crippen LogP contribution in [0.15, 0.2) is 12.1 Å². The van der Waals surface area contributed by atoms with Crippen LogP contribution in [0, 0.1) is 10.1 Å². The molecule has 0 heterocycles. The van der Waals surface area contributed by atoms with Crippen LogP contribution in [0.25, 0.3) is 0 Å². The Balaban J connectivity index is 3.12. The first kappa shape index (κ1) is 15.1. The summed E-state index contributed by atoms with van der Waals surface area (Å²) in [7, 11) is 2.53. The van der Waals surface area contributed by atoms with E-state index in [1.807, 2.05) is 0 Å². The molecule has 0 unspecified atom stereocenters. The lowest BCUT2D eigenvalue weighted by molar-refractivity contribution is -0.385. The molecule has 0 saturated heterocycles. The number of ether oxygens (including phenoxy) is 3. The number of nitro groups is 1. The van der Waals surface area contributed by atoms with Crippen molar-refractivity contribution in [2.75, 3.05) is 14.2 Å². The lowest BCUT2D eigenvalue weighted by Crippen LogP contribution is -2.07. The van der Waals surface area contributed by atoms with Crippen molar-refractivity contribution in [1.82, 2.24) is 0 Å². The maximum absolute atomic E-state index is 11.7. The van der Waals surface area contributed by atoms with Crippen molar-refractivity contribution < 1.29 is 36.6 Å². The fourth-order valence-corrected chi connectivity index (χ4v) is 1.65. The lowest BCUT2D eigenvalue weighted by Gasteiger charge is -2.11. The van der Waals surface area contributed by atoms with Crippen LogP contribution >= 0.6 is 0 Å². The van der Waals surface area contributed by atoms with Gasteiger partial charge in [-0.25, -0.2) is 0 Å². The Labute approximate surface area is 134 Å². The number of hydrogen-bond donors (Lipinski definition) is 1. The summed E-state index contributed by atoms with van der Waals surface area (Å²) in [6.07, 6.45) is -0.667. The number of nitro benzene ring substituents is 1. The molecule has 1 N–H and O–H groups in total. The molecule has 1 rings (SSSR count). The number of benzene rings is 1. The molecule has 1 aromatic carbocycles. The highest BCUT2D eigenvalue weighted by Gasteiger charge is 2.20. The third kappa shape index (κ3) is 5.46. The van der Waals surface area contributed by atoms with Crippen LogP contribution in [0.4, 0.5) is 5.69 Å². The summed E-state index contributed by atoms with van der Waals surface area (Å²) in [5.74, 6) is -2.09. The van der Waals surface area contributed by atoms with Gasteiger partial charge in [0.05, 0.1) is 33.5 Å². The van der Waals surface area contributed by atoms with Crippen molar-refractivity contribution in [3.05, 3.63) is 27.8 Å². The van der Waals surface area contributed by atoms with E-state index in [-0.39, 0.29) is 30.8 Å². The topological polar surface area (TPSA) is 125 Å². The van der Waals surface area contributed by atoms with Gasteiger partial charge in [-0.05, 0) is 12.5 Å². The first-order valence-corrected chi connectivity index (χ1v) is 6.47. The number of carboxylic acid groups (broad SMARTS) is 1. The summed E-state index contributed by atoms with van der Waals surface area (Å²) in [5.41, 5.74) is -1.18. The van der Waals surface area contributed by atoms with E-state index in [9.17, 15) is 19.7 Å². The van der Waals surface area contributed by atoms with E-state index < -0.39 is 34.7 Å². The molecule has 0 spiro atoms. The number of hydrogen-bond acceptors (Lipinski definition) is 7. The molecule has 23 heavy (non-hydrogen) atoms. The fourth-order valence-electron chi connectivity index (χ4n) is 1.65. The summed E-state index contributed by atoms with van der Waals surface area (Å²) in [6, 6.07) is 1.98. The maximum atomic E-state index is 11.7. The highest BCUT2D eigenvalue weighted by atomic mass is 16.6. The van der Waals surface area contributed by atoms with Crippen molar-refractivity contribution in [3.63, 3.8) is 0 Å². The molecule has 0 aromatic heterocycles. The standard InChI is InChI=1S/C14H17NO8/c1-21-11-6-9(10(15(19)20)7-12(11)22-2)8-23-14(18)5-3-4-13(16)17/h6-7H,3-5,8H2,1-2H3,(H,16,17)/i8D2. The largest absolute Gasteiger partial charge is 0.493 e. The number of esters is 1. The van der Waals surface area contributed by atoms with E-state index in [2.05, 4.69) is 4.74 Å². The number of carbonyl (C=O) groups excluding carboxylic acids is 1. The Morgan fingerprint density at radius 3 is 2.39 bits per heavy atom. The highest BCUT2D eigenvalue weighted by molar-refractivity contribution is 5.71. The lowest BCUT2D eigenvalue weighted by atomic mass is 10.1. The molecule has 0 saturated carbocycles. The van der Waals surface area contributed by atoms with E-state index in [0.29, 0.717) is 0 Å². The molecular formula is C14H17NO8. The van der Waals surface area contributed by atoms with E-state index in [1.165, 1.54) is 14.2 Å². The summed E-state index contributed by atoms with van der Waals surface area (Å²) < 4.78 is 30.3. The smallest absolute Gasteiger partial charge is 0.306 e. The molecule has 0 fully saturated rings. The minimum atomic E-state index is -2.82. The number of nitrogens with zero attached hydrogens (tertiary/aromatic N) is 1. The maximum Gasteiger partial charge on any atom is 0.306 e. The molecular weight excluding hydrogens is 310 g/mol. The Bertz CT molecular complexity index is 677. The van der Waals surface area contributed by atoms with E-state index in [4.69, 9.17) is 17.3 Å². The van der Waals surface area contributed by atoms with E-state index in [1.54, 1.807) is 0 Å². The minimum absolute atomic E-state index is 0.0153. The quantitative estimate of drug-likeness (QED) is 0.414. The number of aliphatic carboxylic acids is 1. The predicted molar refractivity (Wildman–Crippen MR) is 77.5 cm³/mol.